The smallest absolute Gasteiger partial charge is 0.222 e. The SMILES string of the molecule is COCCNCCC1CCC(=O)N1CCc1ccccc1F. The molecular formula is C17H25FN2O2. The van der Waals surface area contributed by atoms with Crippen LogP contribution in [0.1, 0.15) is 24.8 Å². The lowest BCUT2D eigenvalue weighted by Crippen LogP contribution is -2.37. The zero-order chi connectivity index (χ0) is 15.8. The van der Waals surface area contributed by atoms with E-state index in [1.54, 1.807) is 19.2 Å². The van der Waals surface area contributed by atoms with Gasteiger partial charge in [-0.05, 0) is 37.4 Å². The van der Waals surface area contributed by atoms with Crippen LogP contribution in [0.3, 0.4) is 0 Å². The monoisotopic (exact) mass is 308 g/mol. The highest BCUT2D eigenvalue weighted by atomic mass is 19.1. The van der Waals surface area contributed by atoms with Crippen LogP contribution in [-0.4, -0.2) is 50.2 Å². The quantitative estimate of drug-likeness (QED) is 0.709. The van der Waals surface area contributed by atoms with Gasteiger partial charge in [0.1, 0.15) is 5.82 Å². The third-order valence-corrected chi connectivity index (χ3v) is 4.17. The number of hydrogen-bond donors (Lipinski definition) is 1. The third kappa shape index (κ3) is 4.78. The minimum absolute atomic E-state index is 0.188. The third-order valence-electron chi connectivity index (χ3n) is 4.17. The molecule has 4 nitrogen and oxygen atoms in total. The number of carbonyl (C=O) groups is 1. The van der Waals surface area contributed by atoms with E-state index in [4.69, 9.17) is 4.74 Å². The molecule has 1 aromatic rings. The lowest BCUT2D eigenvalue weighted by molar-refractivity contribution is -0.129. The number of ether oxygens (including phenoxy) is 1. The summed E-state index contributed by atoms with van der Waals surface area (Å²) in [6, 6.07) is 7.06. The number of nitrogens with one attached hydrogen (secondary N) is 1. The highest BCUT2D eigenvalue weighted by Gasteiger charge is 2.29. The number of halogens is 1. The van der Waals surface area contributed by atoms with E-state index in [0.717, 1.165) is 25.9 Å². The molecule has 1 fully saturated rings. The Labute approximate surface area is 131 Å². The van der Waals surface area contributed by atoms with Crippen molar-refractivity contribution in [2.45, 2.75) is 31.7 Å². The fourth-order valence-electron chi connectivity index (χ4n) is 2.91. The minimum Gasteiger partial charge on any atom is -0.383 e. The Balaban J connectivity index is 1.79. The van der Waals surface area contributed by atoms with Crippen LogP contribution in [0.5, 0.6) is 0 Å². The lowest BCUT2D eigenvalue weighted by atomic mass is 10.1. The van der Waals surface area contributed by atoms with Gasteiger partial charge in [-0.2, -0.15) is 0 Å². The molecule has 1 atom stereocenters. The first-order valence-corrected chi connectivity index (χ1v) is 7.95. The Hall–Kier alpha value is -1.46. The molecule has 0 spiro atoms. The normalized spacial score (nSPS) is 18.2. The lowest BCUT2D eigenvalue weighted by Gasteiger charge is -2.25. The average molecular weight is 308 g/mol. The summed E-state index contributed by atoms with van der Waals surface area (Å²) >= 11 is 0. The maximum absolute atomic E-state index is 13.7. The molecule has 0 radical (unpaired) electrons. The van der Waals surface area contributed by atoms with E-state index in [1.165, 1.54) is 6.07 Å². The fourth-order valence-corrected chi connectivity index (χ4v) is 2.91. The maximum Gasteiger partial charge on any atom is 0.222 e. The zero-order valence-corrected chi connectivity index (χ0v) is 13.2. The molecule has 0 aliphatic carbocycles. The number of methoxy groups -OCH3 is 1. The summed E-state index contributed by atoms with van der Waals surface area (Å²) in [4.78, 5) is 13.9. The number of likely N-dealkylation sites (tertiary alicyclic amines) is 1. The Bertz CT molecular complexity index is 481. The second kappa shape index (κ2) is 8.86. The first-order chi connectivity index (χ1) is 10.7. The highest BCUT2D eigenvalue weighted by molar-refractivity contribution is 5.78. The molecule has 1 heterocycles. The molecule has 122 valence electrons. The van der Waals surface area contributed by atoms with E-state index in [-0.39, 0.29) is 17.8 Å². The van der Waals surface area contributed by atoms with Gasteiger partial charge in [0.2, 0.25) is 5.91 Å². The van der Waals surface area contributed by atoms with Crippen LogP contribution in [0.15, 0.2) is 24.3 Å². The number of hydrogen-bond acceptors (Lipinski definition) is 3. The van der Waals surface area contributed by atoms with Crippen LogP contribution >= 0.6 is 0 Å². The first kappa shape index (κ1) is 16.9. The van der Waals surface area contributed by atoms with Gasteiger partial charge in [-0.1, -0.05) is 18.2 Å². The molecule has 1 N–H and O–H groups in total. The average Bonchev–Trinajstić information content (AvgIpc) is 2.87. The molecule has 22 heavy (non-hydrogen) atoms. The van der Waals surface area contributed by atoms with Crippen molar-refractivity contribution in [1.82, 2.24) is 10.2 Å². The first-order valence-electron chi connectivity index (χ1n) is 7.95. The van der Waals surface area contributed by atoms with E-state index >= 15 is 0 Å². The molecule has 1 aliphatic rings. The molecule has 1 saturated heterocycles. The van der Waals surface area contributed by atoms with Crippen molar-refractivity contribution in [3.8, 4) is 0 Å². The van der Waals surface area contributed by atoms with Crippen LogP contribution in [0.25, 0.3) is 0 Å². The van der Waals surface area contributed by atoms with Gasteiger partial charge in [-0.25, -0.2) is 4.39 Å². The van der Waals surface area contributed by atoms with Crippen molar-refractivity contribution >= 4 is 5.91 Å². The number of benzene rings is 1. The Morgan fingerprint density at radius 1 is 1.36 bits per heavy atom. The van der Waals surface area contributed by atoms with Crippen LogP contribution in [-0.2, 0) is 16.0 Å². The van der Waals surface area contributed by atoms with Gasteiger partial charge in [-0.15, -0.1) is 0 Å². The molecule has 1 aliphatic heterocycles. The molecule has 2 rings (SSSR count). The minimum atomic E-state index is -0.188. The van der Waals surface area contributed by atoms with Gasteiger partial charge in [0.05, 0.1) is 6.61 Å². The van der Waals surface area contributed by atoms with E-state index in [0.29, 0.717) is 31.6 Å². The van der Waals surface area contributed by atoms with Gasteiger partial charge in [-0.3, -0.25) is 4.79 Å². The summed E-state index contributed by atoms with van der Waals surface area (Å²) in [5.41, 5.74) is 0.680. The van der Waals surface area contributed by atoms with E-state index in [2.05, 4.69) is 5.32 Å². The van der Waals surface area contributed by atoms with Crippen molar-refractivity contribution in [3.63, 3.8) is 0 Å². The number of nitrogens with zero attached hydrogens (tertiary/aromatic N) is 1. The number of carbonyl (C=O) groups excluding carboxylic acids is 1. The highest BCUT2D eigenvalue weighted by Crippen LogP contribution is 2.22. The van der Waals surface area contributed by atoms with Crippen molar-refractivity contribution in [1.29, 1.82) is 0 Å². The van der Waals surface area contributed by atoms with Crippen molar-refractivity contribution in [2.24, 2.45) is 0 Å². The molecule has 0 bridgehead atoms. The predicted octanol–water partition coefficient (Wildman–Crippen LogP) is 1.99. The van der Waals surface area contributed by atoms with Gasteiger partial charge < -0.3 is 15.0 Å². The second-order valence-corrected chi connectivity index (χ2v) is 5.65. The Morgan fingerprint density at radius 2 is 2.18 bits per heavy atom. The van der Waals surface area contributed by atoms with Gasteiger partial charge in [0, 0.05) is 32.7 Å². The summed E-state index contributed by atoms with van der Waals surface area (Å²) in [6.45, 7) is 2.99. The van der Waals surface area contributed by atoms with Crippen LogP contribution in [0.4, 0.5) is 4.39 Å². The molecular weight excluding hydrogens is 283 g/mol. The zero-order valence-electron chi connectivity index (χ0n) is 13.2. The van der Waals surface area contributed by atoms with Crippen molar-refractivity contribution in [2.75, 3.05) is 33.4 Å². The standard InChI is InChI=1S/C17H25FN2O2/c1-22-13-11-19-10-8-15-6-7-17(21)20(15)12-9-14-4-2-3-5-16(14)18/h2-5,15,19H,6-13H2,1H3. The molecule has 5 heteroatoms. The molecule has 0 saturated carbocycles. The second-order valence-electron chi connectivity index (χ2n) is 5.65. The largest absolute Gasteiger partial charge is 0.383 e. The van der Waals surface area contributed by atoms with Crippen molar-refractivity contribution < 1.29 is 13.9 Å². The van der Waals surface area contributed by atoms with Gasteiger partial charge in [0.15, 0.2) is 0 Å². The van der Waals surface area contributed by atoms with Crippen LogP contribution < -0.4 is 5.32 Å². The number of amides is 1. The van der Waals surface area contributed by atoms with E-state index < -0.39 is 0 Å². The summed E-state index contributed by atoms with van der Waals surface area (Å²) in [7, 11) is 1.68. The van der Waals surface area contributed by atoms with E-state index in [1.807, 2.05) is 11.0 Å². The van der Waals surface area contributed by atoms with Gasteiger partial charge >= 0.3 is 0 Å². The maximum atomic E-state index is 13.7. The summed E-state index contributed by atoms with van der Waals surface area (Å²) in [5, 5.41) is 3.31. The molecule has 1 aromatic carbocycles. The van der Waals surface area contributed by atoms with Crippen molar-refractivity contribution in [3.05, 3.63) is 35.6 Å². The summed E-state index contributed by atoms with van der Waals surface area (Å²) in [6.07, 6.45) is 3.03. The number of rotatable bonds is 9. The van der Waals surface area contributed by atoms with Gasteiger partial charge in [0.25, 0.3) is 0 Å². The topological polar surface area (TPSA) is 41.6 Å². The molecule has 0 aromatic heterocycles. The Kier molecular flexibility index (Phi) is 6.80. The Morgan fingerprint density at radius 3 is 2.95 bits per heavy atom. The summed E-state index contributed by atoms with van der Waals surface area (Å²) < 4.78 is 18.6. The molecule has 1 amide bonds. The van der Waals surface area contributed by atoms with E-state index in [9.17, 15) is 9.18 Å². The van der Waals surface area contributed by atoms with Crippen LogP contribution in [0.2, 0.25) is 0 Å². The fraction of sp³-hybridized carbons (Fsp3) is 0.588. The predicted molar refractivity (Wildman–Crippen MR) is 84.2 cm³/mol. The molecule has 1 unspecified atom stereocenters. The summed E-state index contributed by atoms with van der Waals surface area (Å²) in [5.74, 6) is 0.00478. The van der Waals surface area contributed by atoms with Crippen LogP contribution in [0, 0.1) is 5.82 Å².